The number of ether oxygens (including phenoxy) is 1. The molecule has 1 atom stereocenters. The molecule has 0 bridgehead atoms. The molecule has 1 N–H and O–H groups in total. The van der Waals surface area contributed by atoms with Crippen molar-refractivity contribution in [1.82, 2.24) is 4.90 Å². The molecule has 0 aliphatic rings. The van der Waals surface area contributed by atoms with Crippen molar-refractivity contribution in [2.75, 3.05) is 6.54 Å². The Morgan fingerprint density at radius 2 is 2.15 bits per heavy atom. The summed E-state index contributed by atoms with van der Waals surface area (Å²) in [5, 5.41) is 17.8. The van der Waals surface area contributed by atoms with E-state index in [4.69, 9.17) is 15.1 Å². The van der Waals surface area contributed by atoms with E-state index >= 15 is 0 Å². The van der Waals surface area contributed by atoms with Crippen molar-refractivity contribution in [3.63, 3.8) is 0 Å². The minimum atomic E-state index is -0.681. The van der Waals surface area contributed by atoms with Gasteiger partial charge in [0.1, 0.15) is 12.3 Å². The van der Waals surface area contributed by atoms with Gasteiger partial charge in [-0.3, -0.25) is 4.79 Å². The molecule has 108 valence electrons. The third kappa shape index (κ3) is 4.25. The topological polar surface area (TPSA) is 73.6 Å². The number of carbonyl (C=O) groups is 1. The van der Waals surface area contributed by atoms with E-state index in [1.807, 2.05) is 19.9 Å². The minimum Gasteiger partial charge on any atom is -0.481 e. The van der Waals surface area contributed by atoms with Gasteiger partial charge in [0, 0.05) is 6.04 Å². The van der Waals surface area contributed by atoms with Crippen LogP contribution in [0.2, 0.25) is 0 Å². The van der Waals surface area contributed by atoms with Crippen LogP contribution in [-0.2, 0) is 11.4 Å². The summed E-state index contributed by atoms with van der Waals surface area (Å²) in [6, 6.07) is 8.87. The quantitative estimate of drug-likeness (QED) is 0.803. The minimum absolute atomic E-state index is 0.0425. The highest BCUT2D eigenvalue weighted by atomic mass is 16.5. The van der Waals surface area contributed by atoms with Crippen molar-refractivity contribution in [1.29, 1.82) is 5.26 Å². The van der Waals surface area contributed by atoms with Gasteiger partial charge >= 0.3 is 0 Å². The first-order valence-electron chi connectivity index (χ1n) is 6.53. The zero-order valence-electron chi connectivity index (χ0n) is 12.0. The molecule has 5 heteroatoms. The Morgan fingerprint density at radius 1 is 1.45 bits per heavy atom. The number of benzene rings is 1. The van der Waals surface area contributed by atoms with Crippen LogP contribution in [0.25, 0.3) is 0 Å². The molecule has 1 unspecified atom stereocenters. The van der Waals surface area contributed by atoms with Crippen molar-refractivity contribution in [3.8, 4) is 11.8 Å². The number of hydrogen-bond acceptors (Lipinski definition) is 4. The maximum Gasteiger partial charge on any atom is 0.264 e. The molecule has 0 saturated heterocycles. The molecule has 20 heavy (non-hydrogen) atoms. The predicted octanol–water partition coefficient (Wildman–Crippen LogP) is 1.71. The molecule has 0 radical (unpaired) electrons. The number of aliphatic hydroxyl groups is 1. The first kappa shape index (κ1) is 16.0. The molecule has 0 fully saturated rings. The van der Waals surface area contributed by atoms with E-state index in [0.29, 0.717) is 5.75 Å². The van der Waals surface area contributed by atoms with Gasteiger partial charge in [-0.15, -0.1) is 0 Å². The van der Waals surface area contributed by atoms with Crippen molar-refractivity contribution in [3.05, 3.63) is 29.8 Å². The molecular formula is C15H20N2O3. The standard InChI is InChI=1S/C15H20N2O3/c1-11(2)17(8-7-16)15(19)12(3)20-14-6-4-5-13(9-14)10-18/h4-6,9,11-12,18H,8,10H2,1-3H3. The third-order valence-electron chi connectivity index (χ3n) is 2.89. The Morgan fingerprint density at radius 3 is 2.70 bits per heavy atom. The first-order valence-corrected chi connectivity index (χ1v) is 6.53. The van der Waals surface area contributed by atoms with E-state index in [1.54, 1.807) is 31.2 Å². The summed E-state index contributed by atoms with van der Waals surface area (Å²) in [6.45, 7) is 5.33. The van der Waals surface area contributed by atoms with Crippen molar-refractivity contribution in [2.24, 2.45) is 0 Å². The van der Waals surface area contributed by atoms with Gasteiger partial charge in [0.05, 0.1) is 12.7 Å². The summed E-state index contributed by atoms with van der Waals surface area (Å²) < 4.78 is 5.58. The summed E-state index contributed by atoms with van der Waals surface area (Å²) >= 11 is 0. The lowest BCUT2D eigenvalue weighted by Gasteiger charge is -2.27. The second-order valence-electron chi connectivity index (χ2n) is 4.78. The molecule has 0 aliphatic heterocycles. The van der Waals surface area contributed by atoms with Crippen molar-refractivity contribution < 1.29 is 14.6 Å². The summed E-state index contributed by atoms with van der Waals surface area (Å²) in [4.78, 5) is 13.7. The number of hydrogen-bond donors (Lipinski definition) is 1. The van der Waals surface area contributed by atoms with Crippen LogP contribution in [0.1, 0.15) is 26.3 Å². The van der Waals surface area contributed by atoms with E-state index in [9.17, 15) is 4.79 Å². The zero-order valence-corrected chi connectivity index (χ0v) is 12.0. The smallest absolute Gasteiger partial charge is 0.264 e. The van der Waals surface area contributed by atoms with E-state index in [2.05, 4.69) is 0 Å². The van der Waals surface area contributed by atoms with Gasteiger partial charge in [0.25, 0.3) is 5.91 Å². The van der Waals surface area contributed by atoms with Gasteiger partial charge in [-0.05, 0) is 38.5 Å². The third-order valence-corrected chi connectivity index (χ3v) is 2.89. The van der Waals surface area contributed by atoms with Crippen LogP contribution in [0.5, 0.6) is 5.75 Å². The molecule has 1 aromatic carbocycles. The molecular weight excluding hydrogens is 256 g/mol. The Balaban J connectivity index is 2.76. The fourth-order valence-electron chi connectivity index (χ4n) is 1.80. The SMILES string of the molecule is CC(Oc1cccc(CO)c1)C(=O)N(CC#N)C(C)C. The van der Waals surface area contributed by atoms with Crippen LogP contribution >= 0.6 is 0 Å². The van der Waals surface area contributed by atoms with Gasteiger partial charge < -0.3 is 14.7 Å². The van der Waals surface area contributed by atoms with Gasteiger partial charge in [-0.1, -0.05) is 12.1 Å². The normalized spacial score (nSPS) is 11.8. The van der Waals surface area contributed by atoms with Crippen molar-refractivity contribution >= 4 is 5.91 Å². The monoisotopic (exact) mass is 276 g/mol. The Bertz CT molecular complexity index is 494. The molecule has 1 rings (SSSR count). The lowest BCUT2D eigenvalue weighted by Crippen LogP contribution is -2.44. The molecule has 1 aromatic rings. The van der Waals surface area contributed by atoms with Gasteiger partial charge in [0.15, 0.2) is 6.10 Å². The largest absolute Gasteiger partial charge is 0.481 e. The summed E-state index contributed by atoms with van der Waals surface area (Å²) in [5.74, 6) is 0.300. The van der Waals surface area contributed by atoms with Gasteiger partial charge in [-0.2, -0.15) is 5.26 Å². The number of rotatable bonds is 6. The number of nitrogens with zero attached hydrogens (tertiary/aromatic N) is 2. The van der Waals surface area contributed by atoms with Crippen LogP contribution in [0.15, 0.2) is 24.3 Å². The number of aliphatic hydroxyl groups excluding tert-OH is 1. The predicted molar refractivity (Wildman–Crippen MR) is 74.9 cm³/mol. The Kier molecular flexibility index (Phi) is 6.01. The lowest BCUT2D eigenvalue weighted by atomic mass is 10.2. The molecule has 1 amide bonds. The maximum atomic E-state index is 12.2. The number of carbonyl (C=O) groups excluding carboxylic acids is 1. The van der Waals surface area contributed by atoms with Crippen LogP contribution in [0.3, 0.4) is 0 Å². The fraction of sp³-hybridized carbons (Fsp3) is 0.467. The van der Waals surface area contributed by atoms with E-state index in [1.165, 1.54) is 4.90 Å². The van der Waals surface area contributed by atoms with Crippen molar-refractivity contribution in [2.45, 2.75) is 39.5 Å². The van der Waals surface area contributed by atoms with Gasteiger partial charge in [-0.25, -0.2) is 0 Å². The highest BCUT2D eigenvalue weighted by molar-refractivity contribution is 5.81. The van der Waals surface area contributed by atoms with Crippen LogP contribution < -0.4 is 4.74 Å². The molecule has 5 nitrogen and oxygen atoms in total. The second-order valence-corrected chi connectivity index (χ2v) is 4.78. The highest BCUT2D eigenvalue weighted by Gasteiger charge is 2.24. The highest BCUT2D eigenvalue weighted by Crippen LogP contribution is 2.16. The molecule has 0 aliphatic carbocycles. The van der Waals surface area contributed by atoms with E-state index in [-0.39, 0.29) is 25.1 Å². The first-order chi connectivity index (χ1) is 9.49. The van der Waals surface area contributed by atoms with Crippen LogP contribution in [0, 0.1) is 11.3 Å². The average molecular weight is 276 g/mol. The van der Waals surface area contributed by atoms with Crippen LogP contribution in [0.4, 0.5) is 0 Å². The summed E-state index contributed by atoms with van der Waals surface area (Å²) in [6.07, 6.45) is -0.681. The van der Waals surface area contributed by atoms with Gasteiger partial charge in [0.2, 0.25) is 0 Å². The fourth-order valence-corrected chi connectivity index (χ4v) is 1.80. The van der Waals surface area contributed by atoms with E-state index in [0.717, 1.165) is 5.56 Å². The Hall–Kier alpha value is -2.06. The van der Waals surface area contributed by atoms with E-state index < -0.39 is 6.10 Å². The average Bonchev–Trinajstić information content (AvgIpc) is 2.43. The zero-order chi connectivity index (χ0) is 15.1. The molecule has 0 saturated carbocycles. The summed E-state index contributed by atoms with van der Waals surface area (Å²) in [7, 11) is 0. The molecule has 0 aromatic heterocycles. The number of nitriles is 1. The molecule has 0 spiro atoms. The Labute approximate surface area is 119 Å². The van der Waals surface area contributed by atoms with Crippen LogP contribution in [-0.4, -0.2) is 34.6 Å². The number of amides is 1. The molecule has 0 heterocycles. The maximum absolute atomic E-state index is 12.2. The second kappa shape index (κ2) is 7.51. The lowest BCUT2D eigenvalue weighted by molar-refractivity contribution is -0.139. The summed E-state index contributed by atoms with van der Waals surface area (Å²) in [5.41, 5.74) is 0.722.